The van der Waals surface area contributed by atoms with Gasteiger partial charge in [-0.05, 0) is 92.3 Å². The molecule has 6 heteroatoms. The molecule has 6 nitrogen and oxygen atoms in total. The van der Waals surface area contributed by atoms with Gasteiger partial charge >= 0.3 is 5.97 Å². The second kappa shape index (κ2) is 8.28. The van der Waals surface area contributed by atoms with Gasteiger partial charge in [0.25, 0.3) is 0 Å². The van der Waals surface area contributed by atoms with Gasteiger partial charge in [0, 0.05) is 11.3 Å². The summed E-state index contributed by atoms with van der Waals surface area (Å²) in [6, 6.07) is 0. The number of carbonyl (C=O) groups excluding carboxylic acids is 1. The lowest BCUT2D eigenvalue weighted by Gasteiger charge is -2.72. The van der Waals surface area contributed by atoms with Crippen LogP contribution in [0.25, 0.3) is 0 Å². The molecule has 0 unspecified atom stereocenters. The Morgan fingerprint density at radius 3 is 2.32 bits per heavy atom. The van der Waals surface area contributed by atoms with Crippen molar-refractivity contribution in [1.82, 2.24) is 0 Å². The summed E-state index contributed by atoms with van der Waals surface area (Å²) in [4.78, 5) is 13.4. The zero-order valence-electron chi connectivity index (χ0n) is 24.0. The first kappa shape index (κ1) is 27.6. The summed E-state index contributed by atoms with van der Waals surface area (Å²) in [5.74, 6) is -0.0105. The van der Waals surface area contributed by atoms with E-state index in [1.165, 1.54) is 12.7 Å². The lowest BCUT2D eigenvalue weighted by Crippen LogP contribution is -2.69. The van der Waals surface area contributed by atoms with E-state index in [4.69, 9.17) is 4.74 Å². The van der Waals surface area contributed by atoms with E-state index in [0.717, 1.165) is 38.5 Å². The number of methoxy groups -OCH3 is 1. The average Bonchev–Trinajstić information content (AvgIpc) is 2.84. The van der Waals surface area contributed by atoms with Gasteiger partial charge in [-0.15, -0.1) is 0 Å². The van der Waals surface area contributed by atoms with Crippen molar-refractivity contribution in [2.24, 2.45) is 50.7 Å². The minimum Gasteiger partial charge on any atom is -0.469 e. The maximum atomic E-state index is 13.4. The lowest BCUT2D eigenvalue weighted by molar-refractivity contribution is -0.247. The van der Waals surface area contributed by atoms with Crippen LogP contribution < -0.4 is 0 Å². The van der Waals surface area contributed by atoms with Gasteiger partial charge < -0.3 is 25.2 Å². The summed E-state index contributed by atoms with van der Waals surface area (Å²) in [7, 11) is 1.48. The van der Waals surface area contributed by atoms with Crippen LogP contribution in [0, 0.1) is 50.7 Å². The topological polar surface area (TPSA) is 107 Å². The summed E-state index contributed by atoms with van der Waals surface area (Å²) in [5, 5.41) is 44.5. The van der Waals surface area contributed by atoms with Crippen LogP contribution in [0.1, 0.15) is 92.9 Å². The number of ether oxygens (including phenoxy) is 1. The highest BCUT2D eigenvalue weighted by atomic mass is 16.5. The number of carbonyl (C=O) groups is 1. The molecule has 4 saturated carbocycles. The number of allylic oxidation sites excluding steroid dienone is 1. The fraction of sp³-hybridized carbons (Fsp3) is 0.903. The van der Waals surface area contributed by atoms with Crippen LogP contribution in [0.5, 0.6) is 0 Å². The Hall–Kier alpha value is -0.950. The molecule has 4 N–H and O–H groups in total. The molecule has 0 amide bonds. The second-order valence-corrected chi connectivity index (χ2v) is 14.9. The van der Waals surface area contributed by atoms with Crippen molar-refractivity contribution in [2.45, 2.75) is 111 Å². The van der Waals surface area contributed by atoms with Crippen molar-refractivity contribution in [3.63, 3.8) is 0 Å². The van der Waals surface area contributed by atoms with Gasteiger partial charge in [-0.2, -0.15) is 0 Å². The maximum Gasteiger partial charge on any atom is 0.312 e. The van der Waals surface area contributed by atoms with Gasteiger partial charge in [0.2, 0.25) is 0 Å². The molecule has 210 valence electrons. The highest BCUT2D eigenvalue weighted by Gasteiger charge is 2.72. The summed E-state index contributed by atoms with van der Waals surface area (Å²) in [5.41, 5.74) is -1.75. The van der Waals surface area contributed by atoms with Crippen molar-refractivity contribution in [3.05, 3.63) is 11.6 Å². The van der Waals surface area contributed by atoms with Gasteiger partial charge in [0.05, 0.1) is 36.9 Å². The third kappa shape index (κ3) is 3.16. The van der Waals surface area contributed by atoms with E-state index >= 15 is 0 Å². The molecule has 0 radical (unpaired) electrons. The molecule has 5 rings (SSSR count). The highest BCUT2D eigenvalue weighted by molar-refractivity contribution is 5.79. The minimum absolute atomic E-state index is 0.0811. The third-order valence-corrected chi connectivity index (χ3v) is 13.7. The average molecular weight is 519 g/mol. The van der Waals surface area contributed by atoms with Crippen LogP contribution in [0.4, 0.5) is 0 Å². The summed E-state index contributed by atoms with van der Waals surface area (Å²) >= 11 is 0. The first-order valence-electron chi connectivity index (χ1n) is 14.6. The predicted octanol–water partition coefficient (Wildman–Crippen LogP) is 4.24. The summed E-state index contributed by atoms with van der Waals surface area (Å²) in [6.45, 7) is 12.9. The van der Waals surface area contributed by atoms with E-state index in [1.54, 1.807) is 0 Å². The Morgan fingerprint density at radius 1 is 1.03 bits per heavy atom. The van der Waals surface area contributed by atoms with E-state index in [-0.39, 0.29) is 52.5 Å². The van der Waals surface area contributed by atoms with Crippen molar-refractivity contribution in [1.29, 1.82) is 0 Å². The van der Waals surface area contributed by atoms with Crippen molar-refractivity contribution in [2.75, 3.05) is 13.7 Å². The number of aliphatic hydroxyl groups excluding tert-OH is 3. The van der Waals surface area contributed by atoms with Gasteiger partial charge in [-0.3, -0.25) is 4.79 Å². The number of esters is 1. The zero-order chi connectivity index (χ0) is 27.4. The molecule has 0 aromatic rings. The Bertz CT molecular complexity index is 990. The van der Waals surface area contributed by atoms with Gasteiger partial charge in [0.1, 0.15) is 0 Å². The standard InChI is InChI=1S/C31H50O6/c1-18-10-13-31(25(35)37-7)15-14-28(4)19(23(31)30(18,6)36)8-9-22-26(2)16-20(33)24(34)27(3,17-32)21(26)11-12-29(22,28)5/h8,18,20-24,32-34,36H,9-17H2,1-7H3/t18-,20-,21-,22-,23-,24+,26+,27-,28-,29-,30-,31+/m1/s1. The van der Waals surface area contributed by atoms with Crippen LogP contribution >= 0.6 is 0 Å². The van der Waals surface area contributed by atoms with Crippen molar-refractivity contribution in [3.8, 4) is 0 Å². The second-order valence-electron chi connectivity index (χ2n) is 14.9. The largest absolute Gasteiger partial charge is 0.469 e. The molecule has 5 aliphatic carbocycles. The third-order valence-electron chi connectivity index (χ3n) is 13.7. The number of fused-ring (bicyclic) bond motifs is 7. The van der Waals surface area contributed by atoms with Crippen molar-refractivity contribution < 1.29 is 30.0 Å². The molecular formula is C31H50O6. The van der Waals surface area contributed by atoms with E-state index in [2.05, 4.69) is 33.8 Å². The van der Waals surface area contributed by atoms with Crippen LogP contribution in [0.3, 0.4) is 0 Å². The minimum atomic E-state index is -1.01. The van der Waals surface area contributed by atoms with Gasteiger partial charge in [0.15, 0.2) is 0 Å². The van der Waals surface area contributed by atoms with Crippen LogP contribution in [0.15, 0.2) is 11.6 Å². The van der Waals surface area contributed by atoms with Gasteiger partial charge in [-0.25, -0.2) is 0 Å². The Balaban J connectivity index is 1.65. The first-order chi connectivity index (χ1) is 17.1. The van der Waals surface area contributed by atoms with E-state index in [9.17, 15) is 25.2 Å². The van der Waals surface area contributed by atoms with Crippen molar-refractivity contribution >= 4 is 5.97 Å². The Kier molecular flexibility index (Phi) is 6.18. The molecule has 0 aromatic carbocycles. The number of hydrogen-bond donors (Lipinski definition) is 4. The SMILES string of the molecule is COC(=O)[C@]12CC[C@@H](C)[C@@](C)(O)[C@H]1C1=CC[C@@H]3[C@@]4(C)C[C@@H](O)[C@H](O)[C@](C)(CO)[C@@H]4CC[C@@]3(C)[C@]1(C)CC2. The molecule has 0 aliphatic heterocycles. The predicted molar refractivity (Wildman–Crippen MR) is 141 cm³/mol. The van der Waals surface area contributed by atoms with Crippen LogP contribution in [-0.4, -0.2) is 57.9 Å². The molecule has 0 aromatic heterocycles. The first-order valence-corrected chi connectivity index (χ1v) is 14.6. The fourth-order valence-electron chi connectivity index (χ4n) is 11.2. The molecule has 12 atom stereocenters. The smallest absolute Gasteiger partial charge is 0.312 e. The van der Waals surface area contributed by atoms with E-state index in [1.807, 2.05) is 13.8 Å². The quantitative estimate of drug-likeness (QED) is 0.322. The van der Waals surface area contributed by atoms with E-state index < -0.39 is 28.6 Å². The Labute approximate surface area is 222 Å². The van der Waals surface area contributed by atoms with Gasteiger partial charge in [-0.1, -0.05) is 46.3 Å². The fourth-order valence-corrected chi connectivity index (χ4v) is 11.2. The molecule has 0 bridgehead atoms. The molecular weight excluding hydrogens is 468 g/mol. The van der Waals surface area contributed by atoms with Crippen LogP contribution in [0.2, 0.25) is 0 Å². The summed E-state index contributed by atoms with van der Waals surface area (Å²) < 4.78 is 5.41. The summed E-state index contributed by atoms with van der Waals surface area (Å²) in [6.07, 6.45) is 6.86. The lowest BCUT2D eigenvalue weighted by atomic mass is 9.33. The maximum absolute atomic E-state index is 13.4. The highest BCUT2D eigenvalue weighted by Crippen LogP contribution is 2.76. The number of rotatable bonds is 2. The Morgan fingerprint density at radius 2 is 1.70 bits per heavy atom. The van der Waals surface area contributed by atoms with Crippen LogP contribution in [-0.2, 0) is 9.53 Å². The molecule has 4 fully saturated rings. The monoisotopic (exact) mass is 518 g/mol. The van der Waals surface area contributed by atoms with E-state index in [0.29, 0.717) is 12.8 Å². The zero-order valence-corrected chi connectivity index (χ0v) is 24.0. The number of hydrogen-bond acceptors (Lipinski definition) is 6. The normalized spacial score (nSPS) is 57.2. The molecule has 0 spiro atoms. The molecule has 37 heavy (non-hydrogen) atoms. The molecule has 5 aliphatic rings. The molecule has 0 saturated heterocycles. The number of aliphatic hydroxyl groups is 4. The molecule has 0 heterocycles.